The average Bonchev–Trinajstić information content (AvgIpc) is 3.40. The van der Waals surface area contributed by atoms with Crippen LogP contribution in [0.4, 0.5) is 6.01 Å². The fourth-order valence-corrected chi connectivity index (χ4v) is 3.88. The number of carbonyl (C=O) groups is 1. The molecule has 0 aliphatic carbocycles. The summed E-state index contributed by atoms with van der Waals surface area (Å²) in [6.07, 6.45) is 0.829. The minimum atomic E-state index is 0.00855. The highest BCUT2D eigenvalue weighted by molar-refractivity contribution is 5.94. The molecule has 0 unspecified atom stereocenters. The van der Waals surface area contributed by atoms with Gasteiger partial charge >= 0.3 is 0 Å². The second kappa shape index (κ2) is 8.65. The zero-order valence-electron chi connectivity index (χ0n) is 19.0. The Morgan fingerprint density at radius 3 is 2.55 bits per heavy atom. The predicted octanol–water partition coefficient (Wildman–Crippen LogP) is 4.06. The molecule has 0 bridgehead atoms. The van der Waals surface area contributed by atoms with Gasteiger partial charge < -0.3 is 18.7 Å². The molecule has 4 heterocycles. The zero-order chi connectivity index (χ0) is 22.9. The van der Waals surface area contributed by atoms with Gasteiger partial charge in [-0.1, -0.05) is 31.1 Å². The lowest BCUT2D eigenvalue weighted by Gasteiger charge is -2.21. The van der Waals surface area contributed by atoms with Crippen LogP contribution < -0.4 is 4.90 Å². The molecule has 1 aliphatic rings. The lowest BCUT2D eigenvalue weighted by atomic mass is 10.1. The van der Waals surface area contributed by atoms with E-state index >= 15 is 0 Å². The minimum Gasteiger partial charge on any atom is -0.422 e. The summed E-state index contributed by atoms with van der Waals surface area (Å²) in [6.45, 7) is 8.63. The first-order valence-corrected chi connectivity index (χ1v) is 11.2. The summed E-state index contributed by atoms with van der Waals surface area (Å²) >= 11 is 0. The number of anilines is 1. The van der Waals surface area contributed by atoms with Crippen LogP contribution >= 0.6 is 0 Å². The maximum atomic E-state index is 13.1. The molecule has 1 saturated heterocycles. The summed E-state index contributed by atoms with van der Waals surface area (Å²) in [5, 5.41) is 4.04. The smallest absolute Gasteiger partial charge is 0.300 e. The molecule has 1 amide bonds. The molecule has 1 aliphatic heterocycles. The van der Waals surface area contributed by atoms with Crippen LogP contribution in [0.5, 0.6) is 0 Å². The molecule has 1 aromatic carbocycles. The maximum Gasteiger partial charge on any atom is 0.300 e. The number of hydrogen-bond acceptors (Lipinski definition) is 8. The normalized spacial score (nSPS) is 14.8. The Kier molecular flexibility index (Phi) is 5.53. The second-order valence-electron chi connectivity index (χ2n) is 8.59. The minimum absolute atomic E-state index is 0.00855. The molecule has 33 heavy (non-hydrogen) atoms. The van der Waals surface area contributed by atoms with Crippen molar-refractivity contribution in [2.24, 2.45) is 0 Å². The highest BCUT2D eigenvalue weighted by Crippen LogP contribution is 2.23. The molecule has 0 N–H and O–H groups in total. The van der Waals surface area contributed by atoms with Crippen LogP contribution in [0.2, 0.25) is 0 Å². The summed E-state index contributed by atoms with van der Waals surface area (Å²) in [5.41, 5.74) is 3.66. The van der Waals surface area contributed by atoms with Crippen molar-refractivity contribution in [1.29, 1.82) is 0 Å². The van der Waals surface area contributed by atoms with E-state index in [9.17, 15) is 4.79 Å². The summed E-state index contributed by atoms with van der Waals surface area (Å²) < 4.78 is 11.2. The molecule has 0 saturated carbocycles. The van der Waals surface area contributed by atoms with E-state index in [1.807, 2.05) is 62.1 Å². The number of rotatable bonds is 4. The van der Waals surface area contributed by atoms with Crippen LogP contribution in [0.1, 0.15) is 48.1 Å². The van der Waals surface area contributed by atoms with E-state index in [0.29, 0.717) is 54.2 Å². The molecule has 0 spiro atoms. The van der Waals surface area contributed by atoms with Gasteiger partial charge in [-0.25, -0.2) is 4.98 Å². The van der Waals surface area contributed by atoms with Gasteiger partial charge in [0.2, 0.25) is 17.4 Å². The summed E-state index contributed by atoms with van der Waals surface area (Å²) in [4.78, 5) is 30.5. The number of amides is 1. The molecular formula is C24H26N6O3. The van der Waals surface area contributed by atoms with Crippen molar-refractivity contribution < 1.29 is 13.7 Å². The molecule has 5 rings (SSSR count). The van der Waals surface area contributed by atoms with Gasteiger partial charge in [0.15, 0.2) is 5.58 Å². The van der Waals surface area contributed by atoms with Crippen LogP contribution in [0.15, 0.2) is 45.3 Å². The highest BCUT2D eigenvalue weighted by Gasteiger charge is 2.23. The molecule has 170 valence electrons. The number of pyridine rings is 1. The Bertz CT molecular complexity index is 1280. The lowest BCUT2D eigenvalue weighted by molar-refractivity contribution is 0.0767. The van der Waals surface area contributed by atoms with E-state index < -0.39 is 0 Å². The van der Waals surface area contributed by atoms with Crippen molar-refractivity contribution >= 4 is 23.2 Å². The first kappa shape index (κ1) is 21.1. The summed E-state index contributed by atoms with van der Waals surface area (Å²) in [5.74, 6) is 1.31. The number of nitrogens with zero attached hydrogens (tertiary/aromatic N) is 6. The largest absolute Gasteiger partial charge is 0.422 e. The van der Waals surface area contributed by atoms with Gasteiger partial charge in [0.1, 0.15) is 0 Å². The van der Waals surface area contributed by atoms with E-state index in [-0.39, 0.29) is 11.8 Å². The fraction of sp³-hybridized carbons (Fsp3) is 0.375. The Morgan fingerprint density at radius 1 is 0.970 bits per heavy atom. The molecule has 9 nitrogen and oxygen atoms in total. The lowest BCUT2D eigenvalue weighted by Crippen LogP contribution is -2.35. The fourth-order valence-electron chi connectivity index (χ4n) is 3.88. The van der Waals surface area contributed by atoms with Gasteiger partial charge in [-0.3, -0.25) is 4.79 Å². The van der Waals surface area contributed by atoms with Gasteiger partial charge in [-0.15, -0.1) is 0 Å². The Hall–Kier alpha value is -3.75. The van der Waals surface area contributed by atoms with Gasteiger partial charge in [0.25, 0.3) is 11.9 Å². The van der Waals surface area contributed by atoms with E-state index in [1.165, 1.54) is 0 Å². The summed E-state index contributed by atoms with van der Waals surface area (Å²) in [7, 11) is 0. The molecule has 0 atom stereocenters. The number of aromatic nitrogens is 4. The molecule has 1 fully saturated rings. The third-order valence-corrected chi connectivity index (χ3v) is 5.76. The van der Waals surface area contributed by atoms with Crippen molar-refractivity contribution in [2.45, 2.75) is 33.1 Å². The first-order valence-electron chi connectivity index (χ1n) is 11.2. The molecular weight excluding hydrogens is 420 g/mol. The first-order chi connectivity index (χ1) is 16.0. The topological polar surface area (TPSA) is 101 Å². The van der Waals surface area contributed by atoms with Crippen LogP contribution in [0.3, 0.4) is 0 Å². The van der Waals surface area contributed by atoms with E-state index in [1.54, 1.807) is 0 Å². The van der Waals surface area contributed by atoms with Crippen molar-refractivity contribution in [1.82, 2.24) is 25.0 Å². The standard InChI is InChI=1S/C24H26N6O3/c1-15(2)22-26-20(28-33-22)17-6-8-18(9-7-17)23(31)29-11-4-12-30(14-13-29)24-27-21-19(32-24)10-5-16(3)25-21/h5-10,15H,4,11-14H2,1-3H3. The van der Waals surface area contributed by atoms with Crippen LogP contribution in [0.25, 0.3) is 22.6 Å². The Labute approximate surface area is 191 Å². The van der Waals surface area contributed by atoms with E-state index in [0.717, 1.165) is 24.2 Å². The molecule has 0 radical (unpaired) electrons. The molecule has 3 aromatic heterocycles. The second-order valence-corrected chi connectivity index (χ2v) is 8.59. The SMILES string of the molecule is Cc1ccc2oc(N3CCCN(C(=O)c4ccc(-c5noc(C(C)C)n5)cc4)CC3)nc2n1. The number of hydrogen-bond donors (Lipinski definition) is 0. The van der Waals surface area contributed by atoms with Crippen LogP contribution in [-0.2, 0) is 0 Å². The van der Waals surface area contributed by atoms with Crippen LogP contribution in [0, 0.1) is 6.92 Å². The van der Waals surface area contributed by atoms with Crippen molar-refractivity contribution in [2.75, 3.05) is 31.1 Å². The number of fused-ring (bicyclic) bond motifs is 1. The van der Waals surface area contributed by atoms with Gasteiger partial charge in [-0.2, -0.15) is 9.97 Å². The quantitative estimate of drug-likeness (QED) is 0.463. The average molecular weight is 447 g/mol. The third-order valence-electron chi connectivity index (χ3n) is 5.76. The Morgan fingerprint density at radius 2 is 1.79 bits per heavy atom. The maximum absolute atomic E-state index is 13.1. The van der Waals surface area contributed by atoms with Crippen LogP contribution in [-0.4, -0.2) is 57.1 Å². The molecule has 4 aromatic rings. The monoisotopic (exact) mass is 446 g/mol. The highest BCUT2D eigenvalue weighted by atomic mass is 16.5. The summed E-state index contributed by atoms with van der Waals surface area (Å²) in [6, 6.07) is 11.7. The van der Waals surface area contributed by atoms with Crippen molar-refractivity contribution in [3.8, 4) is 11.4 Å². The number of aryl methyl sites for hydroxylation is 1. The number of benzene rings is 1. The predicted molar refractivity (Wildman–Crippen MR) is 123 cm³/mol. The van der Waals surface area contributed by atoms with Gasteiger partial charge in [0, 0.05) is 48.9 Å². The van der Waals surface area contributed by atoms with Crippen molar-refractivity contribution in [3.63, 3.8) is 0 Å². The number of carbonyl (C=O) groups excluding carboxylic acids is 1. The van der Waals surface area contributed by atoms with Gasteiger partial charge in [0.05, 0.1) is 0 Å². The van der Waals surface area contributed by atoms with E-state index in [4.69, 9.17) is 8.94 Å². The number of oxazole rings is 1. The molecule has 9 heteroatoms. The van der Waals surface area contributed by atoms with E-state index in [2.05, 4.69) is 25.0 Å². The zero-order valence-corrected chi connectivity index (χ0v) is 19.0. The van der Waals surface area contributed by atoms with Gasteiger partial charge in [-0.05, 0) is 37.6 Å². The Balaban J connectivity index is 1.26. The third kappa shape index (κ3) is 4.30. The van der Waals surface area contributed by atoms with Crippen molar-refractivity contribution in [3.05, 3.63) is 53.5 Å².